The molecule has 1 aromatic rings. The van der Waals surface area contributed by atoms with Gasteiger partial charge in [0.05, 0.1) is 11.0 Å². The normalized spacial score (nSPS) is 15.6. The molecule has 0 aliphatic rings. The van der Waals surface area contributed by atoms with Gasteiger partial charge in [-0.05, 0) is 25.5 Å². The smallest absolute Gasteiger partial charge is 0.148 e. The minimum absolute atomic E-state index is 0.0189. The SMILES string of the molecule is CCC(N)C(SCCS(C)(=O)=O)c1ccc(C)o1. The van der Waals surface area contributed by atoms with E-state index in [4.69, 9.17) is 10.2 Å². The van der Waals surface area contributed by atoms with E-state index in [1.54, 1.807) is 11.8 Å². The van der Waals surface area contributed by atoms with Crippen LogP contribution in [-0.2, 0) is 9.84 Å². The molecule has 6 heteroatoms. The molecule has 0 spiro atoms. The van der Waals surface area contributed by atoms with Gasteiger partial charge in [-0.2, -0.15) is 0 Å². The van der Waals surface area contributed by atoms with Crippen molar-refractivity contribution in [1.82, 2.24) is 0 Å². The van der Waals surface area contributed by atoms with Crippen LogP contribution in [0.3, 0.4) is 0 Å². The first-order chi connectivity index (χ1) is 8.33. The van der Waals surface area contributed by atoms with E-state index in [1.165, 1.54) is 6.26 Å². The molecular formula is C12H21NO3S2. The van der Waals surface area contributed by atoms with Crippen LogP contribution >= 0.6 is 11.8 Å². The van der Waals surface area contributed by atoms with E-state index < -0.39 is 9.84 Å². The van der Waals surface area contributed by atoms with Gasteiger partial charge in [-0.3, -0.25) is 0 Å². The molecule has 0 radical (unpaired) electrons. The molecule has 0 fully saturated rings. The van der Waals surface area contributed by atoms with Crippen LogP contribution in [0.4, 0.5) is 0 Å². The summed E-state index contributed by atoms with van der Waals surface area (Å²) in [5.41, 5.74) is 6.08. The van der Waals surface area contributed by atoms with Gasteiger partial charge in [0.2, 0.25) is 0 Å². The van der Waals surface area contributed by atoms with Crippen LogP contribution in [0.2, 0.25) is 0 Å². The van der Waals surface area contributed by atoms with E-state index in [0.717, 1.165) is 17.9 Å². The minimum atomic E-state index is -2.92. The highest BCUT2D eigenvalue weighted by atomic mass is 32.2. The van der Waals surface area contributed by atoms with E-state index >= 15 is 0 Å². The second-order valence-electron chi connectivity index (χ2n) is 4.44. The Morgan fingerprint density at radius 3 is 2.56 bits per heavy atom. The summed E-state index contributed by atoms with van der Waals surface area (Å²) in [6.07, 6.45) is 2.08. The van der Waals surface area contributed by atoms with E-state index in [1.807, 2.05) is 26.0 Å². The number of hydrogen-bond acceptors (Lipinski definition) is 5. The van der Waals surface area contributed by atoms with Crippen LogP contribution in [0, 0.1) is 6.92 Å². The Morgan fingerprint density at radius 2 is 2.11 bits per heavy atom. The first-order valence-corrected chi connectivity index (χ1v) is 9.05. The van der Waals surface area contributed by atoms with Gasteiger partial charge in [-0.25, -0.2) is 8.42 Å². The van der Waals surface area contributed by atoms with Crippen molar-refractivity contribution < 1.29 is 12.8 Å². The van der Waals surface area contributed by atoms with E-state index in [9.17, 15) is 8.42 Å². The topological polar surface area (TPSA) is 73.3 Å². The molecule has 2 unspecified atom stereocenters. The van der Waals surface area contributed by atoms with E-state index in [2.05, 4.69) is 0 Å². The van der Waals surface area contributed by atoms with Gasteiger partial charge in [-0.15, -0.1) is 11.8 Å². The summed E-state index contributed by atoms with van der Waals surface area (Å²) in [5, 5.41) is 0.0189. The summed E-state index contributed by atoms with van der Waals surface area (Å²) in [7, 11) is -2.92. The molecule has 1 aromatic heterocycles. The zero-order valence-electron chi connectivity index (χ0n) is 11.0. The molecule has 4 nitrogen and oxygen atoms in total. The lowest BCUT2D eigenvalue weighted by atomic mass is 10.1. The van der Waals surface area contributed by atoms with Gasteiger partial charge in [0.1, 0.15) is 21.4 Å². The molecule has 1 heterocycles. The highest BCUT2D eigenvalue weighted by Crippen LogP contribution is 2.33. The van der Waals surface area contributed by atoms with Crippen LogP contribution in [0.25, 0.3) is 0 Å². The van der Waals surface area contributed by atoms with Crippen LogP contribution in [0.15, 0.2) is 16.5 Å². The Labute approximate surface area is 113 Å². The molecule has 2 N–H and O–H groups in total. The Bertz CT molecular complexity index is 467. The fourth-order valence-corrected chi connectivity index (χ4v) is 4.14. The Morgan fingerprint density at radius 1 is 1.44 bits per heavy atom. The van der Waals surface area contributed by atoms with Crippen molar-refractivity contribution in [3.8, 4) is 0 Å². The first kappa shape index (κ1) is 15.6. The summed E-state index contributed by atoms with van der Waals surface area (Å²) in [6.45, 7) is 3.91. The molecule has 2 atom stereocenters. The fraction of sp³-hybridized carbons (Fsp3) is 0.667. The van der Waals surface area contributed by atoms with Crippen molar-refractivity contribution in [2.24, 2.45) is 5.73 Å². The van der Waals surface area contributed by atoms with Gasteiger partial charge >= 0.3 is 0 Å². The van der Waals surface area contributed by atoms with Gasteiger partial charge < -0.3 is 10.2 Å². The number of aryl methyl sites for hydroxylation is 1. The van der Waals surface area contributed by atoms with Crippen molar-refractivity contribution >= 4 is 21.6 Å². The molecule has 1 rings (SSSR count). The van der Waals surface area contributed by atoms with Gasteiger partial charge in [0.25, 0.3) is 0 Å². The third-order valence-electron chi connectivity index (χ3n) is 2.65. The zero-order chi connectivity index (χ0) is 13.8. The van der Waals surface area contributed by atoms with Crippen molar-refractivity contribution in [3.05, 3.63) is 23.7 Å². The van der Waals surface area contributed by atoms with Crippen molar-refractivity contribution in [2.45, 2.75) is 31.6 Å². The summed E-state index contributed by atoms with van der Waals surface area (Å²) in [6, 6.07) is 3.80. The number of hydrogen-bond donors (Lipinski definition) is 1. The largest absolute Gasteiger partial charge is 0.465 e. The maximum absolute atomic E-state index is 11.1. The second-order valence-corrected chi connectivity index (χ2v) is 7.95. The van der Waals surface area contributed by atoms with Crippen LogP contribution < -0.4 is 5.73 Å². The van der Waals surface area contributed by atoms with Crippen LogP contribution in [0.1, 0.15) is 30.1 Å². The standard InChI is InChI=1S/C12H21NO3S2/c1-4-10(13)12(11-6-5-9(2)16-11)17-7-8-18(3,14)15/h5-6,10,12H,4,7-8,13H2,1-3H3. The summed E-state index contributed by atoms with van der Waals surface area (Å²) in [4.78, 5) is 0. The Balaban J connectivity index is 2.68. The minimum Gasteiger partial charge on any atom is -0.465 e. The predicted octanol–water partition coefficient (Wildman–Crippen LogP) is 2.14. The van der Waals surface area contributed by atoms with Gasteiger partial charge in [0.15, 0.2) is 0 Å². The lowest BCUT2D eigenvalue weighted by Gasteiger charge is -2.20. The first-order valence-electron chi connectivity index (χ1n) is 5.94. The van der Waals surface area contributed by atoms with E-state index in [0.29, 0.717) is 5.75 Å². The molecule has 0 aromatic carbocycles. The molecule has 0 saturated carbocycles. The molecule has 0 aliphatic carbocycles. The lowest BCUT2D eigenvalue weighted by molar-refractivity contribution is 0.454. The van der Waals surface area contributed by atoms with Crippen LogP contribution in [0.5, 0.6) is 0 Å². The fourth-order valence-electron chi connectivity index (χ4n) is 1.56. The van der Waals surface area contributed by atoms with Crippen LogP contribution in [-0.4, -0.2) is 32.2 Å². The Kier molecular flexibility index (Phi) is 5.75. The third kappa shape index (κ3) is 5.04. The molecule has 0 saturated heterocycles. The second kappa shape index (κ2) is 6.63. The van der Waals surface area contributed by atoms with Gasteiger partial charge in [-0.1, -0.05) is 6.92 Å². The maximum Gasteiger partial charge on any atom is 0.148 e. The van der Waals surface area contributed by atoms with Crippen molar-refractivity contribution in [1.29, 1.82) is 0 Å². The third-order valence-corrected chi connectivity index (χ3v) is 5.24. The summed E-state index contributed by atoms with van der Waals surface area (Å²) in [5.74, 6) is 2.39. The Hall–Kier alpha value is -0.460. The van der Waals surface area contributed by atoms with Gasteiger partial charge in [0, 0.05) is 18.1 Å². The summed E-state index contributed by atoms with van der Waals surface area (Å²) >= 11 is 1.55. The molecule has 0 aliphatic heterocycles. The maximum atomic E-state index is 11.1. The number of nitrogens with two attached hydrogens (primary N) is 1. The average molecular weight is 291 g/mol. The zero-order valence-corrected chi connectivity index (χ0v) is 12.7. The van der Waals surface area contributed by atoms with E-state index in [-0.39, 0.29) is 17.0 Å². The highest BCUT2D eigenvalue weighted by molar-refractivity contribution is 8.00. The number of furan rings is 1. The quantitative estimate of drug-likeness (QED) is 0.833. The number of thioether (sulfide) groups is 1. The monoisotopic (exact) mass is 291 g/mol. The molecular weight excluding hydrogens is 270 g/mol. The van der Waals surface area contributed by atoms with Crippen molar-refractivity contribution in [3.63, 3.8) is 0 Å². The predicted molar refractivity (Wildman–Crippen MR) is 76.6 cm³/mol. The highest BCUT2D eigenvalue weighted by Gasteiger charge is 2.22. The molecule has 0 bridgehead atoms. The average Bonchev–Trinajstić information content (AvgIpc) is 2.68. The van der Waals surface area contributed by atoms with Crippen molar-refractivity contribution in [2.75, 3.05) is 17.8 Å². The molecule has 18 heavy (non-hydrogen) atoms. The molecule has 104 valence electrons. The lowest BCUT2D eigenvalue weighted by Crippen LogP contribution is -2.26. The number of rotatable bonds is 7. The molecule has 0 amide bonds. The summed E-state index contributed by atoms with van der Waals surface area (Å²) < 4.78 is 27.9. The number of sulfone groups is 1.